The summed E-state index contributed by atoms with van der Waals surface area (Å²) in [4.78, 5) is 16.0. The van der Waals surface area contributed by atoms with Gasteiger partial charge in [0.1, 0.15) is 12.4 Å². The van der Waals surface area contributed by atoms with Gasteiger partial charge in [0.2, 0.25) is 5.91 Å². The van der Waals surface area contributed by atoms with Crippen LogP contribution in [0.5, 0.6) is 0 Å². The standard InChI is InChI=1S/C23H25FN2OS/c24-19-9-7-8-18(14-19)17-28-22-15-26(21-11-4-3-10-20(21)22)16-23(27)25-12-5-1-2-6-13-25/h3-4,7-11,14-15H,1-2,5-6,12-13,16-17H2. The number of hydrogen-bond donors (Lipinski definition) is 0. The molecule has 1 aliphatic heterocycles. The van der Waals surface area contributed by atoms with Crippen molar-refractivity contribution in [2.75, 3.05) is 13.1 Å². The quantitative estimate of drug-likeness (QED) is 0.534. The van der Waals surface area contributed by atoms with Crippen molar-refractivity contribution in [3.05, 3.63) is 66.1 Å². The predicted molar refractivity (Wildman–Crippen MR) is 113 cm³/mol. The van der Waals surface area contributed by atoms with E-state index < -0.39 is 0 Å². The lowest BCUT2D eigenvalue weighted by Crippen LogP contribution is -2.34. The van der Waals surface area contributed by atoms with Crippen molar-refractivity contribution in [1.29, 1.82) is 0 Å². The number of para-hydroxylation sites is 1. The number of aromatic nitrogens is 1. The van der Waals surface area contributed by atoms with E-state index in [1.807, 2.05) is 23.1 Å². The number of thioether (sulfide) groups is 1. The molecule has 1 fully saturated rings. The fourth-order valence-electron chi connectivity index (χ4n) is 3.81. The van der Waals surface area contributed by atoms with E-state index in [0.717, 1.165) is 47.3 Å². The monoisotopic (exact) mass is 396 g/mol. The third-order valence-electron chi connectivity index (χ3n) is 5.30. The number of hydrogen-bond acceptors (Lipinski definition) is 2. The van der Waals surface area contributed by atoms with Crippen LogP contribution in [0.15, 0.2) is 59.6 Å². The molecule has 3 nitrogen and oxygen atoms in total. The highest BCUT2D eigenvalue weighted by atomic mass is 32.2. The molecule has 0 saturated carbocycles. The van der Waals surface area contributed by atoms with Crippen LogP contribution in [0.3, 0.4) is 0 Å². The molecule has 5 heteroatoms. The molecular weight excluding hydrogens is 371 g/mol. The average molecular weight is 397 g/mol. The van der Waals surface area contributed by atoms with E-state index in [4.69, 9.17) is 0 Å². The van der Waals surface area contributed by atoms with Crippen LogP contribution >= 0.6 is 11.8 Å². The molecule has 0 aliphatic carbocycles. The van der Waals surface area contributed by atoms with Crippen LogP contribution in [-0.4, -0.2) is 28.5 Å². The SMILES string of the molecule is O=C(Cn1cc(SCc2cccc(F)c2)c2ccccc21)N1CCCCCC1. The van der Waals surface area contributed by atoms with Crippen LogP contribution < -0.4 is 0 Å². The largest absolute Gasteiger partial charge is 0.341 e. The molecule has 1 amide bonds. The van der Waals surface area contributed by atoms with Crippen molar-refractivity contribution in [3.8, 4) is 0 Å². The number of carbonyl (C=O) groups is 1. The Hall–Kier alpha value is -2.27. The maximum atomic E-state index is 13.4. The molecule has 0 unspecified atom stereocenters. The Balaban J connectivity index is 1.53. The Labute approximate surface area is 169 Å². The summed E-state index contributed by atoms with van der Waals surface area (Å²) < 4.78 is 15.5. The third-order valence-corrected chi connectivity index (χ3v) is 6.41. The number of rotatable bonds is 5. The van der Waals surface area contributed by atoms with Gasteiger partial charge in [-0.25, -0.2) is 4.39 Å². The van der Waals surface area contributed by atoms with E-state index >= 15 is 0 Å². The number of benzene rings is 2. The summed E-state index contributed by atoms with van der Waals surface area (Å²) in [6.45, 7) is 2.12. The fourth-order valence-corrected chi connectivity index (χ4v) is 4.84. The zero-order chi connectivity index (χ0) is 19.3. The molecule has 0 radical (unpaired) electrons. The van der Waals surface area contributed by atoms with Crippen LogP contribution in [0.1, 0.15) is 31.2 Å². The first-order valence-electron chi connectivity index (χ1n) is 9.93. The molecule has 1 aromatic heterocycles. The summed E-state index contributed by atoms with van der Waals surface area (Å²) in [6, 6.07) is 14.9. The lowest BCUT2D eigenvalue weighted by molar-refractivity contribution is -0.131. The van der Waals surface area contributed by atoms with E-state index in [1.54, 1.807) is 23.9 Å². The van der Waals surface area contributed by atoms with Gasteiger partial charge in [-0.2, -0.15) is 0 Å². The predicted octanol–water partition coefficient (Wildman–Crippen LogP) is 5.48. The van der Waals surface area contributed by atoms with Gasteiger partial charge in [-0.15, -0.1) is 11.8 Å². The molecular formula is C23H25FN2OS. The Morgan fingerprint density at radius 1 is 1.00 bits per heavy atom. The van der Waals surface area contributed by atoms with Gasteiger partial charge in [0.25, 0.3) is 0 Å². The second-order valence-corrected chi connectivity index (χ2v) is 8.37. The van der Waals surface area contributed by atoms with Crippen molar-refractivity contribution < 1.29 is 9.18 Å². The first-order chi connectivity index (χ1) is 13.7. The molecule has 1 aliphatic rings. The number of fused-ring (bicyclic) bond motifs is 1. The van der Waals surface area contributed by atoms with Gasteiger partial charge in [-0.05, 0) is 36.6 Å². The van der Waals surface area contributed by atoms with Crippen molar-refractivity contribution in [1.82, 2.24) is 9.47 Å². The minimum Gasteiger partial charge on any atom is -0.341 e. The molecule has 0 atom stereocenters. The highest BCUT2D eigenvalue weighted by molar-refractivity contribution is 7.98. The molecule has 28 heavy (non-hydrogen) atoms. The first kappa shape index (κ1) is 19.1. The van der Waals surface area contributed by atoms with Gasteiger partial charge < -0.3 is 9.47 Å². The minimum absolute atomic E-state index is 0.198. The van der Waals surface area contributed by atoms with Gasteiger partial charge in [0.15, 0.2) is 0 Å². The van der Waals surface area contributed by atoms with Crippen LogP contribution in [0.25, 0.3) is 10.9 Å². The van der Waals surface area contributed by atoms with Crippen molar-refractivity contribution in [2.45, 2.75) is 42.9 Å². The molecule has 0 spiro atoms. The maximum absolute atomic E-state index is 13.4. The molecule has 0 N–H and O–H groups in total. The van der Waals surface area contributed by atoms with E-state index in [2.05, 4.69) is 22.9 Å². The average Bonchev–Trinajstić information content (AvgIpc) is 2.87. The van der Waals surface area contributed by atoms with Gasteiger partial charge in [0.05, 0.1) is 0 Å². The zero-order valence-corrected chi connectivity index (χ0v) is 16.8. The van der Waals surface area contributed by atoms with E-state index in [0.29, 0.717) is 12.3 Å². The van der Waals surface area contributed by atoms with Crippen LogP contribution in [0.2, 0.25) is 0 Å². The number of carbonyl (C=O) groups excluding carboxylic acids is 1. The second-order valence-electron chi connectivity index (χ2n) is 7.35. The fraction of sp³-hybridized carbons (Fsp3) is 0.348. The van der Waals surface area contributed by atoms with E-state index in [1.165, 1.54) is 18.9 Å². The molecule has 2 heterocycles. The highest BCUT2D eigenvalue weighted by Crippen LogP contribution is 2.32. The van der Waals surface area contributed by atoms with Crippen molar-refractivity contribution in [3.63, 3.8) is 0 Å². The Morgan fingerprint density at radius 3 is 2.57 bits per heavy atom. The Morgan fingerprint density at radius 2 is 1.79 bits per heavy atom. The number of likely N-dealkylation sites (tertiary alicyclic amines) is 1. The Kier molecular flexibility index (Phi) is 6.01. The maximum Gasteiger partial charge on any atom is 0.242 e. The van der Waals surface area contributed by atoms with E-state index in [9.17, 15) is 9.18 Å². The summed E-state index contributed by atoms with van der Waals surface area (Å²) in [5.74, 6) is 0.694. The summed E-state index contributed by atoms with van der Waals surface area (Å²) in [5.41, 5.74) is 2.04. The minimum atomic E-state index is -0.205. The van der Waals surface area contributed by atoms with Gasteiger partial charge in [-0.1, -0.05) is 43.2 Å². The summed E-state index contributed by atoms with van der Waals surface area (Å²) in [5, 5.41) is 1.15. The molecule has 2 aromatic carbocycles. The highest BCUT2D eigenvalue weighted by Gasteiger charge is 2.18. The number of halogens is 1. The summed E-state index contributed by atoms with van der Waals surface area (Å²) in [7, 11) is 0. The summed E-state index contributed by atoms with van der Waals surface area (Å²) >= 11 is 1.69. The lowest BCUT2D eigenvalue weighted by atomic mass is 10.2. The Bertz CT molecular complexity index is 960. The number of amides is 1. The normalized spacial score (nSPS) is 15.0. The van der Waals surface area contributed by atoms with Gasteiger partial charge in [-0.3, -0.25) is 4.79 Å². The van der Waals surface area contributed by atoms with Crippen LogP contribution in [0.4, 0.5) is 4.39 Å². The molecule has 1 saturated heterocycles. The van der Waals surface area contributed by atoms with Gasteiger partial charge >= 0.3 is 0 Å². The smallest absolute Gasteiger partial charge is 0.242 e. The van der Waals surface area contributed by atoms with E-state index in [-0.39, 0.29) is 11.7 Å². The molecule has 4 rings (SSSR count). The van der Waals surface area contributed by atoms with Crippen LogP contribution in [0, 0.1) is 5.82 Å². The number of nitrogens with zero attached hydrogens (tertiary/aromatic N) is 2. The van der Waals surface area contributed by atoms with Crippen molar-refractivity contribution >= 4 is 28.6 Å². The zero-order valence-electron chi connectivity index (χ0n) is 15.9. The second kappa shape index (κ2) is 8.82. The molecule has 146 valence electrons. The topological polar surface area (TPSA) is 25.2 Å². The van der Waals surface area contributed by atoms with Gasteiger partial charge in [0, 0.05) is 40.8 Å². The molecule has 0 bridgehead atoms. The summed E-state index contributed by atoms with van der Waals surface area (Å²) in [6.07, 6.45) is 6.72. The lowest BCUT2D eigenvalue weighted by Gasteiger charge is -2.20. The third kappa shape index (κ3) is 4.41. The van der Waals surface area contributed by atoms with Crippen molar-refractivity contribution in [2.24, 2.45) is 0 Å². The molecule has 3 aromatic rings. The van der Waals surface area contributed by atoms with Crippen LogP contribution in [-0.2, 0) is 17.1 Å². The first-order valence-corrected chi connectivity index (χ1v) is 10.9.